The number of nitrogens with two attached hydrogens (primary N) is 1. The average Bonchev–Trinajstić information content (AvgIpc) is 3.29. The van der Waals surface area contributed by atoms with Crippen molar-refractivity contribution in [3.05, 3.63) is 29.8 Å². The number of nitrogens with one attached hydrogen (secondary N) is 1. The van der Waals surface area contributed by atoms with Gasteiger partial charge in [0.1, 0.15) is 5.75 Å². The monoisotopic (exact) mass is 276 g/mol. The Bertz CT molecular complexity index is 481. The van der Waals surface area contributed by atoms with Gasteiger partial charge in [-0.1, -0.05) is 25.1 Å². The van der Waals surface area contributed by atoms with Gasteiger partial charge in [-0.3, -0.25) is 4.79 Å². The van der Waals surface area contributed by atoms with E-state index in [1.807, 2.05) is 38.1 Å². The Balaban J connectivity index is 2.14. The minimum Gasteiger partial charge on any atom is -0.496 e. The number of hydrogen-bond donors (Lipinski definition) is 2. The van der Waals surface area contributed by atoms with Crippen LogP contribution in [0.5, 0.6) is 5.75 Å². The molecule has 20 heavy (non-hydrogen) atoms. The Morgan fingerprint density at radius 1 is 1.50 bits per heavy atom. The zero-order valence-corrected chi connectivity index (χ0v) is 12.5. The third-order valence-electron chi connectivity index (χ3n) is 4.14. The first-order chi connectivity index (χ1) is 9.50. The van der Waals surface area contributed by atoms with Crippen LogP contribution >= 0.6 is 0 Å². The van der Waals surface area contributed by atoms with Gasteiger partial charge in [0.25, 0.3) is 0 Å². The molecule has 1 saturated carbocycles. The largest absolute Gasteiger partial charge is 0.496 e. The third-order valence-corrected chi connectivity index (χ3v) is 4.14. The van der Waals surface area contributed by atoms with Gasteiger partial charge in [0.2, 0.25) is 5.91 Å². The minimum atomic E-state index is -0.768. The highest BCUT2D eigenvalue weighted by Crippen LogP contribution is 2.38. The Kier molecular flexibility index (Phi) is 4.33. The fraction of sp³-hybridized carbons (Fsp3) is 0.562. The van der Waals surface area contributed by atoms with Crippen molar-refractivity contribution in [1.82, 2.24) is 5.32 Å². The Hall–Kier alpha value is -1.55. The molecule has 3 N–H and O–H groups in total. The quantitative estimate of drug-likeness (QED) is 0.838. The summed E-state index contributed by atoms with van der Waals surface area (Å²) in [6.07, 6.45) is 2.89. The first kappa shape index (κ1) is 14.9. The molecule has 2 rings (SSSR count). The van der Waals surface area contributed by atoms with Crippen LogP contribution in [-0.2, 0) is 4.79 Å². The van der Waals surface area contributed by atoms with Gasteiger partial charge in [0, 0.05) is 5.56 Å². The standard InChI is InChI=1S/C16H24N2O2/c1-4-13(12-7-5-6-8-14(12)20-3)18-15(19)16(2,17)11-9-10-11/h5-8,11,13H,4,9-10,17H2,1-3H3,(H,18,19). The average molecular weight is 276 g/mol. The fourth-order valence-corrected chi connectivity index (χ4v) is 2.54. The van der Waals surface area contributed by atoms with Crippen LogP contribution in [0.15, 0.2) is 24.3 Å². The highest BCUT2D eigenvalue weighted by atomic mass is 16.5. The molecule has 0 spiro atoms. The summed E-state index contributed by atoms with van der Waals surface area (Å²) >= 11 is 0. The Morgan fingerprint density at radius 3 is 2.70 bits per heavy atom. The van der Waals surface area contributed by atoms with Gasteiger partial charge in [-0.15, -0.1) is 0 Å². The second kappa shape index (κ2) is 5.83. The molecule has 4 heteroatoms. The van der Waals surface area contributed by atoms with Crippen LogP contribution < -0.4 is 15.8 Å². The molecule has 0 saturated heterocycles. The van der Waals surface area contributed by atoms with Crippen molar-refractivity contribution >= 4 is 5.91 Å². The summed E-state index contributed by atoms with van der Waals surface area (Å²) in [6.45, 7) is 3.87. The minimum absolute atomic E-state index is 0.0692. The van der Waals surface area contributed by atoms with Gasteiger partial charge >= 0.3 is 0 Å². The number of rotatable bonds is 6. The smallest absolute Gasteiger partial charge is 0.240 e. The Labute approximate surface area is 120 Å². The zero-order valence-electron chi connectivity index (χ0n) is 12.5. The topological polar surface area (TPSA) is 64.4 Å². The van der Waals surface area contributed by atoms with Crippen LogP contribution in [0.4, 0.5) is 0 Å². The lowest BCUT2D eigenvalue weighted by molar-refractivity contribution is -0.127. The first-order valence-electron chi connectivity index (χ1n) is 7.23. The van der Waals surface area contributed by atoms with Crippen molar-refractivity contribution in [1.29, 1.82) is 0 Å². The summed E-state index contributed by atoms with van der Waals surface area (Å²) in [5.41, 5.74) is 6.40. The predicted molar refractivity (Wildman–Crippen MR) is 79.5 cm³/mol. The van der Waals surface area contributed by atoms with Crippen molar-refractivity contribution in [2.24, 2.45) is 11.7 Å². The van der Waals surface area contributed by atoms with E-state index in [1.54, 1.807) is 7.11 Å². The molecule has 2 unspecified atom stereocenters. The number of carbonyl (C=O) groups excluding carboxylic acids is 1. The summed E-state index contributed by atoms with van der Waals surface area (Å²) in [7, 11) is 1.64. The van der Waals surface area contributed by atoms with Gasteiger partial charge < -0.3 is 15.8 Å². The molecule has 0 heterocycles. The van der Waals surface area contributed by atoms with Crippen LogP contribution in [0, 0.1) is 5.92 Å². The van der Waals surface area contributed by atoms with E-state index < -0.39 is 5.54 Å². The maximum atomic E-state index is 12.4. The SMILES string of the molecule is CCC(NC(=O)C(C)(N)C1CC1)c1ccccc1OC. The number of ether oxygens (including phenoxy) is 1. The summed E-state index contributed by atoms with van der Waals surface area (Å²) in [5, 5.41) is 3.08. The molecular formula is C16H24N2O2. The van der Waals surface area contributed by atoms with Crippen molar-refractivity contribution < 1.29 is 9.53 Å². The van der Waals surface area contributed by atoms with E-state index in [2.05, 4.69) is 5.32 Å². The van der Waals surface area contributed by atoms with Crippen LogP contribution in [0.2, 0.25) is 0 Å². The molecular weight excluding hydrogens is 252 g/mol. The van der Waals surface area contributed by atoms with E-state index in [0.717, 1.165) is 30.6 Å². The summed E-state index contributed by atoms with van der Waals surface area (Å²) < 4.78 is 5.37. The summed E-state index contributed by atoms with van der Waals surface area (Å²) in [4.78, 5) is 12.4. The van der Waals surface area contributed by atoms with Gasteiger partial charge in [-0.2, -0.15) is 0 Å². The number of carbonyl (C=O) groups is 1. The molecule has 0 aliphatic heterocycles. The molecule has 0 radical (unpaired) electrons. The number of amides is 1. The fourth-order valence-electron chi connectivity index (χ4n) is 2.54. The van der Waals surface area contributed by atoms with Crippen LogP contribution in [0.25, 0.3) is 0 Å². The molecule has 0 aromatic heterocycles. The van der Waals surface area contributed by atoms with Crippen LogP contribution in [0.3, 0.4) is 0 Å². The van der Waals surface area contributed by atoms with Gasteiger partial charge in [0.05, 0.1) is 18.7 Å². The van der Waals surface area contributed by atoms with E-state index in [9.17, 15) is 4.79 Å². The number of methoxy groups -OCH3 is 1. The molecule has 1 aromatic carbocycles. The van der Waals surface area contributed by atoms with Gasteiger partial charge in [-0.05, 0) is 38.2 Å². The maximum Gasteiger partial charge on any atom is 0.240 e. The highest BCUT2D eigenvalue weighted by molar-refractivity contribution is 5.86. The number of para-hydroxylation sites is 1. The highest BCUT2D eigenvalue weighted by Gasteiger charge is 2.44. The van der Waals surface area contributed by atoms with Crippen molar-refractivity contribution in [3.63, 3.8) is 0 Å². The van der Waals surface area contributed by atoms with Crippen molar-refractivity contribution in [2.45, 2.75) is 44.7 Å². The molecule has 1 aliphatic carbocycles. The summed E-state index contributed by atoms with van der Waals surface area (Å²) in [5.74, 6) is 1.04. The first-order valence-corrected chi connectivity index (χ1v) is 7.23. The van der Waals surface area contributed by atoms with E-state index >= 15 is 0 Å². The van der Waals surface area contributed by atoms with Gasteiger partial charge in [-0.25, -0.2) is 0 Å². The molecule has 1 aliphatic rings. The Morgan fingerprint density at radius 2 is 2.15 bits per heavy atom. The zero-order chi connectivity index (χ0) is 14.8. The van der Waals surface area contributed by atoms with Gasteiger partial charge in [0.15, 0.2) is 0 Å². The third kappa shape index (κ3) is 2.96. The van der Waals surface area contributed by atoms with E-state index in [0.29, 0.717) is 5.92 Å². The molecule has 1 aromatic rings. The van der Waals surface area contributed by atoms with Crippen molar-refractivity contribution in [2.75, 3.05) is 7.11 Å². The normalized spacial score (nSPS) is 19.0. The number of benzene rings is 1. The second-order valence-corrected chi connectivity index (χ2v) is 5.73. The molecule has 110 valence electrons. The predicted octanol–water partition coefficient (Wildman–Crippen LogP) is 2.39. The second-order valence-electron chi connectivity index (χ2n) is 5.73. The van der Waals surface area contributed by atoms with E-state index in [1.165, 1.54) is 0 Å². The number of hydrogen-bond acceptors (Lipinski definition) is 3. The van der Waals surface area contributed by atoms with Crippen molar-refractivity contribution in [3.8, 4) is 5.75 Å². The van der Waals surface area contributed by atoms with E-state index in [4.69, 9.17) is 10.5 Å². The molecule has 0 bridgehead atoms. The lowest BCUT2D eigenvalue weighted by Gasteiger charge is -2.27. The summed E-state index contributed by atoms with van der Waals surface area (Å²) in [6, 6.07) is 7.70. The molecule has 1 fully saturated rings. The van der Waals surface area contributed by atoms with Crippen LogP contribution in [-0.4, -0.2) is 18.6 Å². The molecule has 1 amide bonds. The maximum absolute atomic E-state index is 12.4. The van der Waals surface area contributed by atoms with E-state index in [-0.39, 0.29) is 11.9 Å². The lowest BCUT2D eigenvalue weighted by Crippen LogP contribution is -2.54. The van der Waals surface area contributed by atoms with Crippen LogP contribution in [0.1, 0.15) is 44.7 Å². The lowest BCUT2D eigenvalue weighted by atomic mass is 9.94. The molecule has 2 atom stereocenters. The molecule has 4 nitrogen and oxygen atoms in total.